The van der Waals surface area contributed by atoms with Crippen molar-refractivity contribution in [2.24, 2.45) is 0 Å². The van der Waals surface area contributed by atoms with E-state index >= 15 is 0 Å². The van der Waals surface area contributed by atoms with E-state index in [-0.39, 0.29) is 19.8 Å². The summed E-state index contributed by atoms with van der Waals surface area (Å²) in [5.41, 5.74) is 0. The fraction of sp³-hybridized carbons (Fsp3) is 1.00. The summed E-state index contributed by atoms with van der Waals surface area (Å²) in [4.78, 5) is 2.53. The Morgan fingerprint density at radius 3 is 2.78 bits per heavy atom. The van der Waals surface area contributed by atoms with Crippen molar-refractivity contribution in [3.05, 3.63) is 0 Å². The van der Waals surface area contributed by atoms with E-state index in [9.17, 15) is 0 Å². The second kappa shape index (κ2) is 3.76. The van der Waals surface area contributed by atoms with Crippen molar-refractivity contribution < 1.29 is 5.32 Å². The predicted octanol–water partition coefficient (Wildman–Crippen LogP) is 0.478. The minimum absolute atomic E-state index is 0.353. The number of alkyl halides is 3. The van der Waals surface area contributed by atoms with E-state index in [0.29, 0.717) is 0 Å². The van der Waals surface area contributed by atoms with Crippen molar-refractivity contribution >= 4 is 19.8 Å². The summed E-state index contributed by atoms with van der Waals surface area (Å²) in [6, 6.07) is 1.01. The van der Waals surface area contributed by atoms with Crippen LogP contribution in [-0.4, -0.2) is 26.9 Å². The van der Waals surface area contributed by atoms with Crippen LogP contribution >= 0.6 is 19.8 Å². The molecule has 0 saturated carbocycles. The molecule has 56 valence electrons. The van der Waals surface area contributed by atoms with Crippen molar-refractivity contribution in [2.75, 3.05) is 20.8 Å². The predicted molar refractivity (Wildman–Crippen MR) is 50.5 cm³/mol. The van der Waals surface area contributed by atoms with Gasteiger partial charge in [-0.2, -0.15) is 0 Å². The summed E-state index contributed by atoms with van der Waals surface area (Å²) in [6.07, 6.45) is 3.01. The summed E-state index contributed by atoms with van der Waals surface area (Å²) in [5, 5.41) is 2.41. The number of hydrogen-bond acceptors (Lipinski definition) is 0. The van der Waals surface area contributed by atoms with Gasteiger partial charge in [0.15, 0.2) is 0 Å². The molecule has 0 aromatic carbocycles. The molecular weight excluding hydrogens is 225 g/mol. The number of rotatable bonds is 1. The average Bonchev–Trinajstić information content (AvgIpc) is 1.88. The van der Waals surface area contributed by atoms with E-state index in [0.717, 1.165) is 6.04 Å². The summed E-state index contributed by atoms with van der Waals surface area (Å²) in [5.74, 6) is 0. The fourth-order valence-corrected chi connectivity index (χ4v) is 6.38. The maximum absolute atomic E-state index is 2.53. The Balaban J connectivity index is 2.23. The van der Waals surface area contributed by atoms with Gasteiger partial charge in [-0.15, -0.1) is 0 Å². The van der Waals surface area contributed by atoms with Gasteiger partial charge in [0.05, 0.1) is 0 Å². The average molecular weight is 242 g/mol. The molecule has 1 fully saturated rings. The normalized spacial score (nSPS) is 32.7. The van der Waals surface area contributed by atoms with Gasteiger partial charge < -0.3 is 0 Å². The van der Waals surface area contributed by atoms with Gasteiger partial charge in [0.1, 0.15) is 0 Å². The van der Waals surface area contributed by atoms with Crippen molar-refractivity contribution in [3.63, 3.8) is 0 Å². The van der Waals surface area contributed by atoms with Gasteiger partial charge >= 0.3 is 64.9 Å². The molecule has 1 nitrogen and oxygen atoms in total. The molecular formula is C7H17IN+. The number of nitrogens with two attached hydrogens (primary N) is 1. The van der Waals surface area contributed by atoms with E-state index in [2.05, 4.69) is 17.3 Å². The minimum atomic E-state index is -0.353. The zero-order valence-electron chi connectivity index (χ0n) is 6.36. The first-order valence-electron chi connectivity index (χ1n) is 3.64. The second-order valence-corrected chi connectivity index (χ2v) is 8.89. The molecule has 0 aromatic heterocycles. The van der Waals surface area contributed by atoms with Crippen molar-refractivity contribution in [2.45, 2.75) is 18.9 Å². The van der Waals surface area contributed by atoms with Crippen LogP contribution in [0.25, 0.3) is 0 Å². The Morgan fingerprint density at radius 1 is 1.56 bits per heavy atom. The first-order chi connectivity index (χ1) is 4.33. The molecule has 2 heteroatoms. The van der Waals surface area contributed by atoms with Crippen LogP contribution in [0.15, 0.2) is 0 Å². The Hall–Kier alpha value is 0.690. The fourth-order valence-electron chi connectivity index (χ4n) is 1.32. The summed E-state index contributed by atoms with van der Waals surface area (Å²) in [6.45, 7) is 0. The van der Waals surface area contributed by atoms with Gasteiger partial charge in [0.2, 0.25) is 0 Å². The van der Waals surface area contributed by atoms with Gasteiger partial charge in [-0.25, -0.2) is 0 Å². The van der Waals surface area contributed by atoms with E-state index in [1.54, 1.807) is 8.86 Å². The number of halogens is 1. The molecule has 0 amide bonds. The Labute approximate surface area is 65.0 Å². The summed E-state index contributed by atoms with van der Waals surface area (Å²) in [7, 11) is 2.22. The standard InChI is InChI=1S/C7H16IN/c1-8-5-3-4-7(6-8)9-2/h7,9H,3-6H2,1-2H3/p+1. The third kappa shape index (κ3) is 2.42. The molecule has 1 rings (SSSR count). The maximum atomic E-state index is 2.53. The van der Waals surface area contributed by atoms with Gasteiger partial charge in [0.25, 0.3) is 0 Å². The van der Waals surface area contributed by atoms with Crippen molar-refractivity contribution in [1.82, 2.24) is 0 Å². The SMILES string of the molecule is C[NH2+]C1CCCI(C)C1. The molecule has 1 heterocycles. The molecule has 0 aliphatic carbocycles. The molecule has 0 spiro atoms. The Morgan fingerprint density at radius 2 is 2.33 bits per heavy atom. The Kier molecular flexibility index (Phi) is 3.26. The first-order valence-corrected chi connectivity index (χ1v) is 8.85. The van der Waals surface area contributed by atoms with E-state index in [4.69, 9.17) is 0 Å². The van der Waals surface area contributed by atoms with Crippen LogP contribution in [0.3, 0.4) is 0 Å². The molecule has 0 bridgehead atoms. The Bertz CT molecular complexity index is 85.0. The molecule has 0 radical (unpaired) electrons. The zero-order valence-corrected chi connectivity index (χ0v) is 8.52. The molecule has 1 aliphatic heterocycles. The molecule has 1 saturated heterocycles. The van der Waals surface area contributed by atoms with Crippen LogP contribution in [0.1, 0.15) is 12.8 Å². The number of hydrogen-bond donors (Lipinski definition) is 1. The molecule has 9 heavy (non-hydrogen) atoms. The van der Waals surface area contributed by atoms with Crippen LogP contribution in [0.2, 0.25) is 0 Å². The molecule has 1 aliphatic rings. The van der Waals surface area contributed by atoms with E-state index < -0.39 is 0 Å². The third-order valence-electron chi connectivity index (χ3n) is 1.96. The summed E-state index contributed by atoms with van der Waals surface area (Å²) >= 11 is -0.353. The van der Waals surface area contributed by atoms with Gasteiger partial charge in [0, 0.05) is 0 Å². The molecule has 1 atom stereocenters. The molecule has 1 unspecified atom stereocenters. The second-order valence-electron chi connectivity index (χ2n) is 2.80. The molecule has 2 N–H and O–H groups in total. The van der Waals surface area contributed by atoms with Gasteiger partial charge in [-0.1, -0.05) is 0 Å². The van der Waals surface area contributed by atoms with Gasteiger partial charge in [-0.3, -0.25) is 0 Å². The van der Waals surface area contributed by atoms with Crippen LogP contribution in [-0.2, 0) is 0 Å². The van der Waals surface area contributed by atoms with Crippen LogP contribution in [0.4, 0.5) is 0 Å². The van der Waals surface area contributed by atoms with Crippen molar-refractivity contribution in [3.8, 4) is 0 Å². The van der Waals surface area contributed by atoms with Crippen LogP contribution < -0.4 is 5.32 Å². The summed E-state index contributed by atoms with van der Waals surface area (Å²) < 4.78 is 3.22. The monoisotopic (exact) mass is 242 g/mol. The topological polar surface area (TPSA) is 16.6 Å². The van der Waals surface area contributed by atoms with Crippen molar-refractivity contribution in [1.29, 1.82) is 0 Å². The first kappa shape index (κ1) is 7.79. The van der Waals surface area contributed by atoms with E-state index in [1.807, 2.05) is 0 Å². The van der Waals surface area contributed by atoms with Crippen LogP contribution in [0.5, 0.6) is 0 Å². The number of quaternary nitrogens is 1. The zero-order chi connectivity index (χ0) is 6.69. The third-order valence-corrected chi connectivity index (χ3v) is 7.20. The van der Waals surface area contributed by atoms with E-state index in [1.165, 1.54) is 12.8 Å². The molecule has 0 aromatic rings. The van der Waals surface area contributed by atoms with Crippen LogP contribution in [0, 0.1) is 0 Å². The quantitative estimate of drug-likeness (QED) is 0.508. The van der Waals surface area contributed by atoms with Gasteiger partial charge in [-0.05, 0) is 0 Å².